The van der Waals surface area contributed by atoms with Crippen molar-refractivity contribution in [2.45, 2.75) is 66.4 Å². The third-order valence-corrected chi connectivity index (χ3v) is 6.92. The fourth-order valence-corrected chi connectivity index (χ4v) is 5.29. The van der Waals surface area contributed by atoms with Crippen molar-refractivity contribution in [3.63, 3.8) is 0 Å². The van der Waals surface area contributed by atoms with Gasteiger partial charge in [-0.1, -0.05) is 38.0 Å². The van der Waals surface area contributed by atoms with E-state index in [1.54, 1.807) is 0 Å². The lowest BCUT2D eigenvalue weighted by Crippen LogP contribution is -2.55. The van der Waals surface area contributed by atoms with Gasteiger partial charge in [0, 0.05) is 0 Å². The molecule has 3 rings (SSSR count). The molecule has 3 aliphatic rings. The van der Waals surface area contributed by atoms with Gasteiger partial charge in [0.15, 0.2) is 5.78 Å². The molecule has 0 spiro atoms. The molecule has 1 fully saturated rings. The van der Waals surface area contributed by atoms with Gasteiger partial charge in [0.1, 0.15) is 0 Å². The van der Waals surface area contributed by atoms with Gasteiger partial charge in [-0.2, -0.15) is 0 Å². The average Bonchev–Trinajstić information content (AvgIpc) is 2.61. The lowest BCUT2D eigenvalue weighted by atomic mass is 9.50. The van der Waals surface area contributed by atoms with Gasteiger partial charge in [0.2, 0.25) is 0 Å². The van der Waals surface area contributed by atoms with Crippen molar-refractivity contribution in [1.82, 2.24) is 0 Å². The molecule has 22 heavy (non-hydrogen) atoms. The molecule has 0 aromatic heterocycles. The summed E-state index contributed by atoms with van der Waals surface area (Å²) < 4.78 is 0. The van der Waals surface area contributed by atoms with Crippen LogP contribution >= 0.6 is 0 Å². The number of fused-ring (bicyclic) bond motifs is 3. The number of hydrogen-bond acceptors (Lipinski definition) is 2. The molecule has 1 N–H and O–H groups in total. The Kier molecular flexibility index (Phi) is 3.67. The summed E-state index contributed by atoms with van der Waals surface area (Å²) in [7, 11) is 0. The third kappa shape index (κ3) is 2.06. The molecule has 0 radical (unpaired) electrons. The van der Waals surface area contributed by atoms with E-state index in [0.29, 0.717) is 11.8 Å². The van der Waals surface area contributed by atoms with Gasteiger partial charge in [0.25, 0.3) is 0 Å². The van der Waals surface area contributed by atoms with E-state index in [2.05, 4.69) is 33.8 Å². The van der Waals surface area contributed by atoms with Gasteiger partial charge in [0.05, 0.1) is 11.5 Å². The normalized spacial score (nSPS) is 45.0. The molecule has 0 bridgehead atoms. The van der Waals surface area contributed by atoms with E-state index in [4.69, 9.17) is 0 Å². The van der Waals surface area contributed by atoms with Crippen LogP contribution in [0.25, 0.3) is 0 Å². The monoisotopic (exact) mass is 302 g/mol. The van der Waals surface area contributed by atoms with Gasteiger partial charge in [-0.3, -0.25) is 4.79 Å². The molecule has 0 aromatic rings. The lowest BCUT2D eigenvalue weighted by Gasteiger charge is -2.54. The Labute approximate surface area is 134 Å². The van der Waals surface area contributed by atoms with Crippen LogP contribution in [0.2, 0.25) is 0 Å². The number of allylic oxidation sites excluding steroid dienone is 4. The summed E-state index contributed by atoms with van der Waals surface area (Å²) in [5.74, 6) is 1.25. The van der Waals surface area contributed by atoms with Crippen molar-refractivity contribution < 1.29 is 9.90 Å². The summed E-state index contributed by atoms with van der Waals surface area (Å²) in [6.07, 6.45) is 7.77. The standard InChI is InChI=1S/C20H30O2/c1-12(2)14-10-16(21)20(5)17(22)11-19(4)9-8-13(3)6-7-15(19)18(14)20/h8,10,12,15,17-18,22H,6-7,9,11H2,1-5H3. The average molecular weight is 302 g/mol. The lowest BCUT2D eigenvalue weighted by molar-refractivity contribution is -0.148. The molecule has 1 saturated carbocycles. The van der Waals surface area contributed by atoms with Crippen molar-refractivity contribution >= 4 is 5.78 Å². The summed E-state index contributed by atoms with van der Waals surface area (Å²) in [4.78, 5) is 12.7. The quantitative estimate of drug-likeness (QED) is 0.734. The molecular formula is C20H30O2. The topological polar surface area (TPSA) is 37.3 Å². The highest BCUT2D eigenvalue weighted by molar-refractivity contribution is 5.99. The Hall–Kier alpha value is -0.890. The Balaban J connectivity index is 2.09. The first-order valence-electron chi connectivity index (χ1n) is 8.80. The highest BCUT2D eigenvalue weighted by atomic mass is 16.3. The molecule has 122 valence electrons. The molecule has 0 aromatic carbocycles. The summed E-state index contributed by atoms with van der Waals surface area (Å²) in [6, 6.07) is 0. The molecular weight excluding hydrogens is 272 g/mol. The second-order valence-electron chi connectivity index (χ2n) is 8.70. The minimum atomic E-state index is -0.595. The van der Waals surface area contributed by atoms with Crippen molar-refractivity contribution in [3.05, 3.63) is 23.3 Å². The molecule has 3 aliphatic carbocycles. The molecule has 5 atom stereocenters. The second kappa shape index (κ2) is 5.06. The fourth-order valence-electron chi connectivity index (χ4n) is 5.29. The van der Waals surface area contributed by atoms with Crippen molar-refractivity contribution in [3.8, 4) is 0 Å². The maximum absolute atomic E-state index is 12.7. The molecule has 2 nitrogen and oxygen atoms in total. The Morgan fingerprint density at radius 1 is 1.32 bits per heavy atom. The van der Waals surface area contributed by atoms with Crippen LogP contribution < -0.4 is 0 Å². The Morgan fingerprint density at radius 2 is 2.00 bits per heavy atom. The Bertz CT molecular complexity index is 556. The van der Waals surface area contributed by atoms with Crippen LogP contribution in [-0.4, -0.2) is 17.0 Å². The van der Waals surface area contributed by atoms with Gasteiger partial charge in [-0.15, -0.1) is 0 Å². The van der Waals surface area contributed by atoms with E-state index < -0.39 is 11.5 Å². The zero-order valence-electron chi connectivity index (χ0n) is 14.6. The van der Waals surface area contributed by atoms with Crippen LogP contribution in [0, 0.1) is 28.6 Å². The summed E-state index contributed by atoms with van der Waals surface area (Å²) in [6.45, 7) is 10.9. The number of rotatable bonds is 1. The first-order valence-corrected chi connectivity index (χ1v) is 8.80. The van der Waals surface area contributed by atoms with Crippen molar-refractivity contribution in [2.24, 2.45) is 28.6 Å². The number of ketones is 1. The molecule has 5 unspecified atom stereocenters. The van der Waals surface area contributed by atoms with Crippen LogP contribution in [-0.2, 0) is 4.79 Å². The van der Waals surface area contributed by atoms with Crippen LogP contribution in [0.5, 0.6) is 0 Å². The number of carbonyl (C=O) groups is 1. The van der Waals surface area contributed by atoms with Crippen LogP contribution in [0.15, 0.2) is 23.3 Å². The second-order valence-corrected chi connectivity index (χ2v) is 8.70. The maximum Gasteiger partial charge on any atom is 0.164 e. The van der Waals surface area contributed by atoms with E-state index in [1.807, 2.05) is 13.0 Å². The van der Waals surface area contributed by atoms with Crippen LogP contribution in [0.1, 0.15) is 60.3 Å². The first kappa shape index (κ1) is 16.0. The predicted molar refractivity (Wildman–Crippen MR) is 89.4 cm³/mol. The number of carbonyl (C=O) groups excluding carboxylic acids is 1. The molecule has 0 heterocycles. The summed E-state index contributed by atoms with van der Waals surface area (Å²) >= 11 is 0. The molecule has 2 heteroatoms. The van der Waals surface area contributed by atoms with Crippen LogP contribution in [0.3, 0.4) is 0 Å². The molecule has 0 saturated heterocycles. The van der Waals surface area contributed by atoms with Gasteiger partial charge >= 0.3 is 0 Å². The number of aliphatic hydroxyl groups is 1. The minimum absolute atomic E-state index is 0.111. The highest BCUT2D eigenvalue weighted by Crippen LogP contribution is 2.62. The van der Waals surface area contributed by atoms with Gasteiger partial charge in [-0.25, -0.2) is 0 Å². The number of hydrogen-bond donors (Lipinski definition) is 1. The first-order chi connectivity index (χ1) is 10.2. The SMILES string of the molecule is CC1=CCC2(C)CC(O)C3(C)C(=O)C=C(C(C)C)C3C2CC1. The van der Waals surface area contributed by atoms with Gasteiger partial charge in [-0.05, 0) is 68.8 Å². The molecule has 0 amide bonds. The van der Waals surface area contributed by atoms with E-state index in [0.717, 1.165) is 25.7 Å². The van der Waals surface area contributed by atoms with Crippen molar-refractivity contribution in [1.29, 1.82) is 0 Å². The smallest absolute Gasteiger partial charge is 0.164 e. The number of aliphatic hydroxyl groups excluding tert-OH is 1. The largest absolute Gasteiger partial charge is 0.392 e. The maximum atomic E-state index is 12.7. The van der Waals surface area contributed by atoms with E-state index in [9.17, 15) is 9.90 Å². The van der Waals surface area contributed by atoms with E-state index in [1.165, 1.54) is 11.1 Å². The van der Waals surface area contributed by atoms with Crippen LogP contribution in [0.4, 0.5) is 0 Å². The zero-order valence-corrected chi connectivity index (χ0v) is 14.6. The highest BCUT2D eigenvalue weighted by Gasteiger charge is 2.62. The zero-order chi connectivity index (χ0) is 16.3. The minimum Gasteiger partial charge on any atom is -0.392 e. The van der Waals surface area contributed by atoms with E-state index >= 15 is 0 Å². The predicted octanol–water partition coefficient (Wildman–Crippen LogP) is 4.29. The third-order valence-electron chi connectivity index (χ3n) is 6.92. The van der Waals surface area contributed by atoms with Gasteiger partial charge < -0.3 is 5.11 Å². The van der Waals surface area contributed by atoms with E-state index in [-0.39, 0.29) is 17.1 Å². The molecule has 0 aliphatic heterocycles. The fraction of sp³-hybridized carbons (Fsp3) is 0.750. The summed E-state index contributed by atoms with van der Waals surface area (Å²) in [5, 5.41) is 10.9. The Morgan fingerprint density at radius 3 is 2.64 bits per heavy atom. The summed E-state index contributed by atoms with van der Waals surface area (Å²) in [5.41, 5.74) is 2.26. The van der Waals surface area contributed by atoms with Crippen molar-refractivity contribution in [2.75, 3.05) is 0 Å².